The van der Waals surface area contributed by atoms with Gasteiger partial charge in [-0.05, 0) is 31.5 Å². The van der Waals surface area contributed by atoms with E-state index in [1.54, 1.807) is 4.90 Å². The first kappa shape index (κ1) is 17.5. The number of rotatable bonds is 4. The summed E-state index contributed by atoms with van der Waals surface area (Å²) in [4.78, 5) is 25.6. The Labute approximate surface area is 146 Å². The van der Waals surface area contributed by atoms with Gasteiger partial charge in [-0.25, -0.2) is 0 Å². The molecule has 0 spiro atoms. The van der Waals surface area contributed by atoms with Crippen LogP contribution in [0.4, 0.5) is 0 Å². The van der Waals surface area contributed by atoms with Crippen molar-refractivity contribution in [2.24, 2.45) is 0 Å². The minimum Gasteiger partial charge on any atom is -0.486 e. The Bertz CT molecular complexity index is 672. The minimum atomic E-state index is -0.926. The van der Waals surface area contributed by atoms with Crippen LogP contribution < -0.4 is 9.47 Å². The van der Waals surface area contributed by atoms with E-state index < -0.39 is 17.5 Å². The molecule has 2 aliphatic heterocycles. The van der Waals surface area contributed by atoms with E-state index in [4.69, 9.17) is 19.3 Å². The van der Waals surface area contributed by atoms with Crippen LogP contribution in [-0.2, 0) is 19.7 Å². The summed E-state index contributed by atoms with van der Waals surface area (Å²) in [7, 11) is 0. The molecule has 1 atom stereocenters. The largest absolute Gasteiger partial charge is 0.486 e. The molecule has 1 aromatic carbocycles. The molecule has 3 rings (SSSR count). The number of benzene rings is 1. The van der Waals surface area contributed by atoms with E-state index in [0.29, 0.717) is 44.4 Å². The fourth-order valence-electron chi connectivity index (χ4n) is 3.17. The van der Waals surface area contributed by atoms with Crippen LogP contribution in [0.15, 0.2) is 18.2 Å². The van der Waals surface area contributed by atoms with Crippen molar-refractivity contribution in [1.82, 2.24) is 4.90 Å². The van der Waals surface area contributed by atoms with Gasteiger partial charge in [0.25, 0.3) is 0 Å². The van der Waals surface area contributed by atoms with E-state index in [1.165, 1.54) is 0 Å². The molecule has 2 aliphatic rings. The van der Waals surface area contributed by atoms with Crippen LogP contribution in [0.25, 0.3) is 0 Å². The van der Waals surface area contributed by atoms with E-state index in [0.717, 1.165) is 5.56 Å². The van der Waals surface area contributed by atoms with Crippen LogP contribution in [0.1, 0.15) is 25.8 Å². The fourth-order valence-corrected chi connectivity index (χ4v) is 3.17. The average molecular weight is 349 g/mol. The lowest BCUT2D eigenvalue weighted by molar-refractivity contribution is -0.150. The third kappa shape index (κ3) is 3.71. The fraction of sp³-hybridized carbons (Fsp3) is 0.556. The van der Waals surface area contributed by atoms with Crippen LogP contribution in [0, 0.1) is 0 Å². The van der Waals surface area contributed by atoms with Crippen molar-refractivity contribution in [3.05, 3.63) is 23.8 Å². The van der Waals surface area contributed by atoms with Crippen LogP contribution >= 0.6 is 0 Å². The Morgan fingerprint density at radius 1 is 1.20 bits per heavy atom. The van der Waals surface area contributed by atoms with Gasteiger partial charge in [-0.3, -0.25) is 9.59 Å². The normalized spacial score (nSPS) is 20.2. The molecule has 136 valence electrons. The number of aliphatic carboxylic acids is 1. The molecule has 1 aromatic rings. The lowest BCUT2D eigenvalue weighted by atomic mass is 9.82. The zero-order chi connectivity index (χ0) is 18.0. The van der Waals surface area contributed by atoms with E-state index in [9.17, 15) is 9.59 Å². The van der Waals surface area contributed by atoms with Gasteiger partial charge in [0.15, 0.2) is 11.5 Å². The molecule has 0 aliphatic carbocycles. The van der Waals surface area contributed by atoms with Gasteiger partial charge in [-0.1, -0.05) is 6.07 Å². The van der Waals surface area contributed by atoms with Crippen molar-refractivity contribution in [1.29, 1.82) is 0 Å². The highest BCUT2D eigenvalue weighted by atomic mass is 16.6. The second kappa shape index (κ2) is 6.92. The maximum absolute atomic E-state index is 13.1. The highest BCUT2D eigenvalue weighted by molar-refractivity contribution is 5.87. The summed E-state index contributed by atoms with van der Waals surface area (Å²) in [5, 5.41) is 8.93. The van der Waals surface area contributed by atoms with Crippen molar-refractivity contribution in [2.75, 3.05) is 32.9 Å². The summed E-state index contributed by atoms with van der Waals surface area (Å²) in [5.74, 6) is 0.356. The smallest absolute Gasteiger partial charge is 0.306 e. The third-order valence-electron chi connectivity index (χ3n) is 4.63. The first-order valence-corrected chi connectivity index (χ1v) is 8.41. The summed E-state index contributed by atoms with van der Waals surface area (Å²) in [6, 6.07) is 5.55. The molecule has 0 unspecified atom stereocenters. The van der Waals surface area contributed by atoms with Gasteiger partial charge in [-0.2, -0.15) is 0 Å². The number of fused-ring (bicyclic) bond motifs is 1. The van der Waals surface area contributed by atoms with Crippen molar-refractivity contribution >= 4 is 11.9 Å². The van der Waals surface area contributed by atoms with Crippen molar-refractivity contribution in [2.45, 2.75) is 31.8 Å². The first-order chi connectivity index (χ1) is 11.9. The molecule has 0 aromatic heterocycles. The predicted molar refractivity (Wildman–Crippen MR) is 89.0 cm³/mol. The summed E-state index contributed by atoms with van der Waals surface area (Å²) in [6.07, 6.45) is -0.569. The summed E-state index contributed by atoms with van der Waals surface area (Å²) < 4.78 is 16.6. The molecule has 1 saturated heterocycles. The van der Waals surface area contributed by atoms with E-state index in [2.05, 4.69) is 0 Å². The van der Waals surface area contributed by atoms with Crippen molar-refractivity contribution in [3.8, 4) is 11.5 Å². The molecule has 1 N–H and O–H groups in total. The van der Waals surface area contributed by atoms with Gasteiger partial charge >= 0.3 is 5.97 Å². The molecule has 0 bridgehead atoms. The van der Waals surface area contributed by atoms with Crippen molar-refractivity contribution in [3.63, 3.8) is 0 Å². The highest BCUT2D eigenvalue weighted by Crippen LogP contribution is 2.36. The van der Waals surface area contributed by atoms with Crippen LogP contribution in [-0.4, -0.2) is 60.9 Å². The minimum absolute atomic E-state index is 0.0529. The van der Waals surface area contributed by atoms with Gasteiger partial charge < -0.3 is 24.2 Å². The maximum Gasteiger partial charge on any atom is 0.306 e. The summed E-state index contributed by atoms with van der Waals surface area (Å²) in [5.41, 5.74) is 0.0732. The zero-order valence-electron chi connectivity index (χ0n) is 14.5. The number of amides is 1. The monoisotopic (exact) mass is 349 g/mol. The molecular formula is C18H23NO6. The third-order valence-corrected chi connectivity index (χ3v) is 4.63. The average Bonchev–Trinajstić information content (AvgIpc) is 2.60. The second-order valence-electron chi connectivity index (χ2n) is 6.83. The van der Waals surface area contributed by atoms with Crippen molar-refractivity contribution < 1.29 is 28.9 Å². The quantitative estimate of drug-likeness (QED) is 0.885. The SMILES string of the molecule is CC(C)(C(=O)N1CCO[C@@H](CC(=O)O)C1)c1ccc2c(c1)OCCO2. The Kier molecular flexibility index (Phi) is 4.85. The van der Waals surface area contributed by atoms with Gasteiger partial charge in [0, 0.05) is 13.1 Å². The van der Waals surface area contributed by atoms with E-state index >= 15 is 0 Å². The van der Waals surface area contributed by atoms with E-state index in [1.807, 2.05) is 32.0 Å². The molecule has 7 nitrogen and oxygen atoms in total. The van der Waals surface area contributed by atoms with Gasteiger partial charge in [0.05, 0.1) is 24.5 Å². The Hall–Kier alpha value is -2.28. The number of hydrogen-bond donors (Lipinski definition) is 1. The molecule has 2 heterocycles. The lowest BCUT2D eigenvalue weighted by Crippen LogP contribution is -2.51. The Morgan fingerprint density at radius 2 is 1.92 bits per heavy atom. The second-order valence-corrected chi connectivity index (χ2v) is 6.83. The first-order valence-electron chi connectivity index (χ1n) is 8.41. The molecule has 1 amide bonds. The molecule has 0 radical (unpaired) electrons. The molecule has 25 heavy (non-hydrogen) atoms. The highest BCUT2D eigenvalue weighted by Gasteiger charge is 2.37. The summed E-state index contributed by atoms with van der Waals surface area (Å²) >= 11 is 0. The van der Waals surface area contributed by atoms with Crippen LogP contribution in [0.2, 0.25) is 0 Å². The zero-order valence-corrected chi connectivity index (χ0v) is 14.5. The van der Waals surface area contributed by atoms with Crippen LogP contribution in [0.5, 0.6) is 11.5 Å². The lowest BCUT2D eigenvalue weighted by Gasteiger charge is -2.37. The number of ether oxygens (including phenoxy) is 3. The van der Waals surface area contributed by atoms with Gasteiger partial charge in [0.2, 0.25) is 5.91 Å². The molecule has 0 saturated carbocycles. The Morgan fingerprint density at radius 3 is 2.64 bits per heavy atom. The topological polar surface area (TPSA) is 85.3 Å². The summed E-state index contributed by atoms with van der Waals surface area (Å²) in [6.45, 7) is 5.84. The Balaban J connectivity index is 1.76. The number of nitrogens with zero attached hydrogens (tertiary/aromatic N) is 1. The van der Waals surface area contributed by atoms with Crippen LogP contribution in [0.3, 0.4) is 0 Å². The number of carboxylic acids is 1. The van der Waals surface area contributed by atoms with Gasteiger partial charge in [-0.15, -0.1) is 0 Å². The maximum atomic E-state index is 13.1. The number of carbonyl (C=O) groups is 2. The molecular weight excluding hydrogens is 326 g/mol. The number of morpholine rings is 1. The molecule has 1 fully saturated rings. The number of hydrogen-bond acceptors (Lipinski definition) is 5. The van der Waals surface area contributed by atoms with Gasteiger partial charge in [0.1, 0.15) is 13.2 Å². The van der Waals surface area contributed by atoms with E-state index in [-0.39, 0.29) is 12.3 Å². The molecule has 7 heteroatoms. The number of carboxylic acid groups (broad SMARTS) is 1. The predicted octanol–water partition coefficient (Wildman–Crippen LogP) is 1.44. The number of carbonyl (C=O) groups excluding carboxylic acids is 1. The standard InChI is InChI=1S/C18H23NO6/c1-18(2,12-3-4-14-15(9-12)25-8-7-24-14)17(22)19-5-6-23-13(11-19)10-16(20)21/h3-4,9,13H,5-8,10-11H2,1-2H3,(H,20,21)/t13-/m0/s1.